The molecule has 1 fully saturated rings. The zero-order chi connectivity index (χ0) is 7.19. The minimum absolute atomic E-state index is 0.527. The second-order valence-corrected chi connectivity index (χ2v) is 5.40. The van der Waals surface area contributed by atoms with Crippen molar-refractivity contribution in [2.45, 2.75) is 25.2 Å². The lowest BCUT2D eigenvalue weighted by Crippen LogP contribution is -1.96. The third-order valence-electron chi connectivity index (χ3n) is 2.27. The zero-order valence-electron chi connectivity index (χ0n) is 5.86. The second-order valence-electron chi connectivity index (χ2n) is 3.17. The Bertz CT molecular complexity index is 248. The van der Waals surface area contributed by atoms with Gasteiger partial charge in [0.15, 0.2) is 0 Å². The first-order chi connectivity index (χ1) is 4.72. The van der Waals surface area contributed by atoms with Gasteiger partial charge < -0.3 is 0 Å². The van der Waals surface area contributed by atoms with Crippen LogP contribution in [0.25, 0.3) is 0 Å². The molecular formula is C8H9BrS. The van der Waals surface area contributed by atoms with E-state index in [1.165, 1.54) is 22.2 Å². The standard InChI is InChI=1S/C8H9BrS/c1-8(3-4-8)6-2-5-10-7(6)9/h2,5H,3-4H2,1H3. The summed E-state index contributed by atoms with van der Waals surface area (Å²) >= 11 is 5.35. The molecule has 1 aliphatic rings. The van der Waals surface area contributed by atoms with Crippen LogP contribution in [0, 0.1) is 0 Å². The minimum Gasteiger partial charge on any atom is -0.137 e. The van der Waals surface area contributed by atoms with E-state index in [4.69, 9.17) is 0 Å². The Labute approximate surface area is 73.4 Å². The molecule has 0 radical (unpaired) electrons. The van der Waals surface area contributed by atoms with E-state index >= 15 is 0 Å². The largest absolute Gasteiger partial charge is 0.137 e. The first-order valence-electron chi connectivity index (χ1n) is 3.46. The van der Waals surface area contributed by atoms with Gasteiger partial charge in [-0.15, -0.1) is 11.3 Å². The molecule has 0 N–H and O–H groups in total. The Morgan fingerprint density at radius 2 is 2.30 bits per heavy atom. The quantitative estimate of drug-likeness (QED) is 0.674. The summed E-state index contributed by atoms with van der Waals surface area (Å²) in [6.45, 7) is 2.33. The number of hydrogen-bond donors (Lipinski definition) is 0. The van der Waals surface area contributed by atoms with Gasteiger partial charge in [-0.1, -0.05) is 6.92 Å². The van der Waals surface area contributed by atoms with Crippen molar-refractivity contribution in [3.63, 3.8) is 0 Å². The van der Waals surface area contributed by atoms with Gasteiger partial charge in [-0.05, 0) is 51.2 Å². The van der Waals surface area contributed by atoms with Crippen molar-refractivity contribution < 1.29 is 0 Å². The summed E-state index contributed by atoms with van der Waals surface area (Å²) < 4.78 is 1.33. The lowest BCUT2D eigenvalue weighted by Gasteiger charge is -2.04. The average molecular weight is 217 g/mol. The van der Waals surface area contributed by atoms with Crippen LogP contribution in [-0.4, -0.2) is 0 Å². The summed E-state index contributed by atoms with van der Waals surface area (Å²) in [5.74, 6) is 0. The van der Waals surface area contributed by atoms with E-state index in [2.05, 4.69) is 34.3 Å². The number of rotatable bonds is 1. The fraction of sp³-hybridized carbons (Fsp3) is 0.500. The molecule has 0 bridgehead atoms. The van der Waals surface area contributed by atoms with E-state index < -0.39 is 0 Å². The van der Waals surface area contributed by atoms with Crippen LogP contribution in [0.15, 0.2) is 15.2 Å². The van der Waals surface area contributed by atoms with Gasteiger partial charge in [0.25, 0.3) is 0 Å². The van der Waals surface area contributed by atoms with Crippen LogP contribution < -0.4 is 0 Å². The third kappa shape index (κ3) is 0.940. The average Bonchev–Trinajstić information content (AvgIpc) is 2.44. The van der Waals surface area contributed by atoms with E-state index in [-0.39, 0.29) is 0 Å². The van der Waals surface area contributed by atoms with Crippen LogP contribution in [0.2, 0.25) is 0 Å². The Morgan fingerprint density at radius 1 is 1.60 bits per heavy atom. The molecule has 1 heterocycles. The Hall–Kier alpha value is 0.180. The van der Waals surface area contributed by atoms with Gasteiger partial charge in [0.2, 0.25) is 0 Å². The van der Waals surface area contributed by atoms with E-state index in [1.54, 1.807) is 11.3 Å². The van der Waals surface area contributed by atoms with Crippen molar-refractivity contribution in [3.8, 4) is 0 Å². The number of thiophene rings is 1. The maximum atomic E-state index is 3.56. The lowest BCUT2D eigenvalue weighted by atomic mass is 10.0. The van der Waals surface area contributed by atoms with Gasteiger partial charge in [0, 0.05) is 0 Å². The SMILES string of the molecule is CC1(c2ccsc2Br)CC1. The summed E-state index contributed by atoms with van der Waals surface area (Å²) in [4.78, 5) is 0. The molecule has 0 unspecified atom stereocenters. The van der Waals surface area contributed by atoms with Crippen molar-refractivity contribution in [2.24, 2.45) is 0 Å². The molecule has 2 rings (SSSR count). The first-order valence-corrected chi connectivity index (χ1v) is 5.13. The summed E-state index contributed by atoms with van der Waals surface area (Å²) in [5, 5.41) is 2.16. The summed E-state index contributed by atoms with van der Waals surface area (Å²) in [5.41, 5.74) is 2.04. The Kier molecular flexibility index (Phi) is 1.43. The highest BCUT2D eigenvalue weighted by Gasteiger charge is 2.40. The van der Waals surface area contributed by atoms with Crippen LogP contribution >= 0.6 is 27.3 Å². The fourth-order valence-corrected chi connectivity index (χ4v) is 2.89. The van der Waals surface area contributed by atoms with Gasteiger partial charge in [-0.2, -0.15) is 0 Å². The van der Waals surface area contributed by atoms with Gasteiger partial charge in [-0.25, -0.2) is 0 Å². The van der Waals surface area contributed by atoms with E-state index in [1.807, 2.05) is 0 Å². The molecule has 0 saturated heterocycles. The van der Waals surface area contributed by atoms with E-state index in [0.717, 1.165) is 0 Å². The topological polar surface area (TPSA) is 0 Å². The molecule has 0 amide bonds. The normalized spacial score (nSPS) is 21.0. The number of halogens is 1. The van der Waals surface area contributed by atoms with Crippen molar-refractivity contribution in [1.82, 2.24) is 0 Å². The highest BCUT2D eigenvalue weighted by atomic mass is 79.9. The molecule has 1 aromatic rings. The lowest BCUT2D eigenvalue weighted by molar-refractivity contribution is 0.788. The molecule has 0 spiro atoms. The van der Waals surface area contributed by atoms with Gasteiger partial charge in [-0.3, -0.25) is 0 Å². The summed E-state index contributed by atoms with van der Waals surface area (Å²) in [6.07, 6.45) is 2.73. The summed E-state index contributed by atoms with van der Waals surface area (Å²) in [7, 11) is 0. The van der Waals surface area contributed by atoms with Crippen molar-refractivity contribution >= 4 is 27.3 Å². The predicted octanol–water partition coefficient (Wildman–Crippen LogP) is 3.56. The van der Waals surface area contributed by atoms with E-state index in [9.17, 15) is 0 Å². The van der Waals surface area contributed by atoms with Crippen molar-refractivity contribution in [3.05, 3.63) is 20.8 Å². The molecule has 1 aliphatic carbocycles. The predicted molar refractivity (Wildman–Crippen MR) is 48.6 cm³/mol. The van der Waals surface area contributed by atoms with Crippen molar-refractivity contribution in [2.75, 3.05) is 0 Å². The first kappa shape index (κ1) is 6.86. The Morgan fingerprint density at radius 3 is 2.70 bits per heavy atom. The Balaban J connectivity index is 2.42. The van der Waals surface area contributed by atoms with Crippen LogP contribution in [-0.2, 0) is 5.41 Å². The molecule has 2 heteroatoms. The maximum absolute atomic E-state index is 3.56. The molecule has 0 aromatic carbocycles. The molecule has 0 aliphatic heterocycles. The highest BCUT2D eigenvalue weighted by molar-refractivity contribution is 9.11. The number of hydrogen-bond acceptors (Lipinski definition) is 1. The van der Waals surface area contributed by atoms with Crippen LogP contribution in [0.1, 0.15) is 25.3 Å². The molecule has 54 valence electrons. The highest BCUT2D eigenvalue weighted by Crippen LogP contribution is 2.51. The van der Waals surface area contributed by atoms with Gasteiger partial charge >= 0.3 is 0 Å². The van der Waals surface area contributed by atoms with Crippen molar-refractivity contribution in [1.29, 1.82) is 0 Å². The van der Waals surface area contributed by atoms with Crippen LogP contribution in [0.4, 0.5) is 0 Å². The maximum Gasteiger partial charge on any atom is 0.0735 e. The third-order valence-corrected chi connectivity index (χ3v) is 3.96. The minimum atomic E-state index is 0.527. The molecule has 0 nitrogen and oxygen atoms in total. The molecule has 0 atom stereocenters. The second kappa shape index (κ2) is 2.08. The monoisotopic (exact) mass is 216 g/mol. The molecular weight excluding hydrogens is 208 g/mol. The van der Waals surface area contributed by atoms with E-state index in [0.29, 0.717) is 5.41 Å². The molecule has 1 saturated carbocycles. The summed E-state index contributed by atoms with van der Waals surface area (Å²) in [6, 6.07) is 2.24. The smallest absolute Gasteiger partial charge is 0.0735 e. The fourth-order valence-electron chi connectivity index (χ4n) is 1.19. The van der Waals surface area contributed by atoms with Gasteiger partial charge in [0.05, 0.1) is 3.79 Å². The van der Waals surface area contributed by atoms with Gasteiger partial charge in [0.1, 0.15) is 0 Å². The molecule has 1 aromatic heterocycles. The van der Waals surface area contributed by atoms with Crippen LogP contribution in [0.3, 0.4) is 0 Å². The van der Waals surface area contributed by atoms with Crippen LogP contribution in [0.5, 0.6) is 0 Å². The molecule has 10 heavy (non-hydrogen) atoms. The zero-order valence-corrected chi connectivity index (χ0v) is 8.26.